The first kappa shape index (κ1) is 10.2. The van der Waals surface area contributed by atoms with Gasteiger partial charge in [0.1, 0.15) is 5.54 Å². The molecular formula is C10H15N3O2. The average molecular weight is 209 g/mol. The van der Waals surface area contributed by atoms with Gasteiger partial charge in [-0.05, 0) is 31.7 Å². The Hall–Kier alpha value is -1.36. The Bertz CT molecular complexity index is 384. The number of carboxylic acid groups (broad SMARTS) is 1. The Morgan fingerprint density at radius 2 is 2.47 bits per heavy atom. The van der Waals surface area contributed by atoms with Crippen LogP contribution in [0.1, 0.15) is 18.5 Å². The molecule has 1 aliphatic rings. The molecule has 0 spiro atoms. The maximum absolute atomic E-state index is 11.2. The number of hydrogen-bond acceptors (Lipinski definition) is 3. The fraction of sp³-hybridized carbons (Fsp3) is 0.600. The quantitative estimate of drug-likeness (QED) is 0.751. The summed E-state index contributed by atoms with van der Waals surface area (Å²) < 4.78 is 1.66. The molecule has 5 nitrogen and oxygen atoms in total. The number of rotatable bonds is 4. The Labute approximate surface area is 87.9 Å². The normalized spacial score (nSPS) is 19.9. The lowest BCUT2D eigenvalue weighted by Crippen LogP contribution is -2.53. The molecule has 0 bridgehead atoms. The number of carboxylic acids is 1. The highest BCUT2D eigenvalue weighted by atomic mass is 16.4. The van der Waals surface area contributed by atoms with E-state index in [1.54, 1.807) is 10.9 Å². The molecule has 0 saturated heterocycles. The van der Waals surface area contributed by atoms with Gasteiger partial charge in [0.2, 0.25) is 0 Å². The summed E-state index contributed by atoms with van der Waals surface area (Å²) in [7, 11) is 0. The number of aliphatic carboxylic acids is 1. The molecule has 1 aromatic heterocycles. The van der Waals surface area contributed by atoms with Crippen molar-refractivity contribution < 1.29 is 9.90 Å². The lowest BCUT2D eigenvalue weighted by Gasteiger charge is -2.24. The molecule has 0 radical (unpaired) electrons. The van der Waals surface area contributed by atoms with E-state index in [9.17, 15) is 4.79 Å². The van der Waals surface area contributed by atoms with E-state index >= 15 is 0 Å². The minimum absolute atomic E-state index is 0.0959. The molecule has 3 N–H and O–H groups in total. The first-order valence-electron chi connectivity index (χ1n) is 5.05. The van der Waals surface area contributed by atoms with Gasteiger partial charge in [-0.15, -0.1) is 0 Å². The van der Waals surface area contributed by atoms with Crippen LogP contribution in [-0.2, 0) is 11.3 Å². The Balaban J connectivity index is 2.21. The molecule has 82 valence electrons. The van der Waals surface area contributed by atoms with Gasteiger partial charge in [-0.2, -0.15) is 5.10 Å². The fourth-order valence-electron chi connectivity index (χ4n) is 1.78. The van der Waals surface area contributed by atoms with Gasteiger partial charge in [-0.3, -0.25) is 9.48 Å². The highest BCUT2D eigenvalue weighted by molar-refractivity contribution is 5.79. The zero-order valence-electron chi connectivity index (χ0n) is 8.68. The molecule has 1 saturated carbocycles. The van der Waals surface area contributed by atoms with Crippen molar-refractivity contribution in [3.63, 3.8) is 0 Å². The van der Waals surface area contributed by atoms with Gasteiger partial charge in [0.05, 0.1) is 6.54 Å². The van der Waals surface area contributed by atoms with Crippen LogP contribution in [0.15, 0.2) is 12.3 Å². The molecule has 0 aromatic carbocycles. The van der Waals surface area contributed by atoms with Crippen molar-refractivity contribution in [1.29, 1.82) is 0 Å². The van der Waals surface area contributed by atoms with E-state index in [4.69, 9.17) is 10.8 Å². The molecule has 0 aliphatic heterocycles. The van der Waals surface area contributed by atoms with Crippen molar-refractivity contribution in [3.8, 4) is 0 Å². The van der Waals surface area contributed by atoms with Gasteiger partial charge in [0.15, 0.2) is 0 Å². The third-order valence-electron chi connectivity index (χ3n) is 3.04. The van der Waals surface area contributed by atoms with Crippen LogP contribution in [0.2, 0.25) is 0 Å². The summed E-state index contributed by atoms with van der Waals surface area (Å²) in [6, 6.07) is 1.84. The molecule has 1 atom stereocenters. The van der Waals surface area contributed by atoms with Gasteiger partial charge >= 0.3 is 5.97 Å². The fourth-order valence-corrected chi connectivity index (χ4v) is 1.78. The van der Waals surface area contributed by atoms with Gasteiger partial charge < -0.3 is 10.8 Å². The number of aryl methyl sites for hydroxylation is 1. The number of nitrogens with zero attached hydrogens (tertiary/aromatic N) is 2. The molecule has 0 amide bonds. The molecule has 1 aromatic rings. The van der Waals surface area contributed by atoms with Gasteiger partial charge in [0, 0.05) is 11.9 Å². The Morgan fingerprint density at radius 1 is 1.80 bits per heavy atom. The molecular weight excluding hydrogens is 194 g/mol. The highest BCUT2D eigenvalue weighted by Gasteiger charge is 2.48. The number of hydrogen-bond donors (Lipinski definition) is 2. The maximum atomic E-state index is 11.2. The third kappa shape index (κ3) is 1.74. The van der Waals surface area contributed by atoms with Crippen LogP contribution in [0.3, 0.4) is 0 Å². The van der Waals surface area contributed by atoms with Crippen LogP contribution in [0.4, 0.5) is 0 Å². The van der Waals surface area contributed by atoms with E-state index in [2.05, 4.69) is 5.10 Å². The number of carbonyl (C=O) groups is 1. The maximum Gasteiger partial charge on any atom is 0.325 e. The minimum atomic E-state index is -1.16. The highest BCUT2D eigenvalue weighted by Crippen LogP contribution is 2.39. The SMILES string of the molecule is Cc1ccnn1CC(N)(C(=O)O)C1CC1. The molecule has 1 fully saturated rings. The van der Waals surface area contributed by atoms with E-state index in [1.165, 1.54) is 0 Å². The van der Waals surface area contributed by atoms with Crippen molar-refractivity contribution in [2.45, 2.75) is 31.8 Å². The number of aromatic nitrogens is 2. The lowest BCUT2D eigenvalue weighted by molar-refractivity contribution is -0.145. The minimum Gasteiger partial charge on any atom is -0.480 e. The monoisotopic (exact) mass is 209 g/mol. The van der Waals surface area contributed by atoms with Crippen molar-refractivity contribution in [1.82, 2.24) is 9.78 Å². The van der Waals surface area contributed by atoms with Crippen LogP contribution in [-0.4, -0.2) is 26.4 Å². The smallest absolute Gasteiger partial charge is 0.325 e. The second kappa shape index (κ2) is 3.34. The summed E-state index contributed by atoms with van der Waals surface area (Å²) in [5.74, 6) is -0.835. The van der Waals surface area contributed by atoms with Gasteiger partial charge in [0.25, 0.3) is 0 Å². The topological polar surface area (TPSA) is 81.1 Å². The van der Waals surface area contributed by atoms with Gasteiger partial charge in [-0.1, -0.05) is 0 Å². The summed E-state index contributed by atoms with van der Waals surface area (Å²) in [5, 5.41) is 13.2. The zero-order chi connectivity index (χ0) is 11.1. The molecule has 5 heteroatoms. The van der Waals surface area contributed by atoms with E-state index in [1.807, 2.05) is 13.0 Å². The van der Waals surface area contributed by atoms with Crippen molar-refractivity contribution in [3.05, 3.63) is 18.0 Å². The molecule has 2 rings (SSSR count). The van der Waals surface area contributed by atoms with E-state index < -0.39 is 11.5 Å². The second-order valence-corrected chi connectivity index (χ2v) is 4.25. The summed E-state index contributed by atoms with van der Waals surface area (Å²) in [5.41, 5.74) is 5.73. The average Bonchev–Trinajstić information content (AvgIpc) is 2.94. The van der Waals surface area contributed by atoms with Crippen molar-refractivity contribution >= 4 is 5.97 Å². The standard InChI is InChI=1S/C10H15N3O2/c1-7-4-5-12-13(7)6-10(11,9(14)15)8-2-3-8/h4-5,8H,2-3,6,11H2,1H3,(H,14,15). The molecule has 15 heavy (non-hydrogen) atoms. The van der Waals surface area contributed by atoms with E-state index in [0.717, 1.165) is 18.5 Å². The largest absolute Gasteiger partial charge is 0.480 e. The Kier molecular flexibility index (Phi) is 2.26. The molecule has 1 heterocycles. The van der Waals surface area contributed by atoms with Crippen LogP contribution >= 0.6 is 0 Å². The van der Waals surface area contributed by atoms with E-state index in [-0.39, 0.29) is 12.5 Å². The predicted molar refractivity (Wildman–Crippen MR) is 54.2 cm³/mol. The molecule has 1 unspecified atom stereocenters. The van der Waals surface area contributed by atoms with Crippen LogP contribution in [0, 0.1) is 12.8 Å². The second-order valence-electron chi connectivity index (χ2n) is 4.25. The zero-order valence-corrected chi connectivity index (χ0v) is 8.68. The summed E-state index contributed by atoms with van der Waals surface area (Å²) in [6.07, 6.45) is 3.47. The van der Waals surface area contributed by atoms with Crippen LogP contribution < -0.4 is 5.73 Å². The van der Waals surface area contributed by atoms with Crippen LogP contribution in [0.5, 0.6) is 0 Å². The summed E-state index contributed by atoms with van der Waals surface area (Å²) in [6.45, 7) is 2.15. The molecule has 1 aliphatic carbocycles. The first-order valence-corrected chi connectivity index (χ1v) is 5.05. The van der Waals surface area contributed by atoms with Crippen molar-refractivity contribution in [2.24, 2.45) is 11.7 Å². The first-order chi connectivity index (χ1) is 7.04. The number of nitrogens with two attached hydrogens (primary N) is 1. The van der Waals surface area contributed by atoms with Gasteiger partial charge in [-0.25, -0.2) is 0 Å². The van der Waals surface area contributed by atoms with Crippen molar-refractivity contribution in [2.75, 3.05) is 0 Å². The summed E-state index contributed by atoms with van der Waals surface area (Å²) in [4.78, 5) is 11.2. The third-order valence-corrected chi connectivity index (χ3v) is 3.04. The summed E-state index contributed by atoms with van der Waals surface area (Å²) >= 11 is 0. The van der Waals surface area contributed by atoms with Crippen LogP contribution in [0.25, 0.3) is 0 Å². The Morgan fingerprint density at radius 3 is 2.87 bits per heavy atom. The lowest BCUT2D eigenvalue weighted by atomic mass is 9.95. The van der Waals surface area contributed by atoms with E-state index in [0.29, 0.717) is 0 Å². The predicted octanol–water partition coefficient (Wildman–Crippen LogP) is 0.384.